The van der Waals surface area contributed by atoms with Crippen molar-refractivity contribution in [3.05, 3.63) is 38.2 Å². The molecule has 2 aromatic rings. The molecule has 0 saturated heterocycles. The van der Waals surface area contributed by atoms with Gasteiger partial charge in [-0.3, -0.25) is 4.79 Å². The van der Waals surface area contributed by atoms with Gasteiger partial charge >= 0.3 is 5.97 Å². The van der Waals surface area contributed by atoms with Crippen LogP contribution in [0.15, 0.2) is 32.5 Å². The van der Waals surface area contributed by atoms with Gasteiger partial charge in [0, 0.05) is 10.0 Å². The molecule has 0 aliphatic heterocycles. The van der Waals surface area contributed by atoms with Crippen molar-refractivity contribution >= 4 is 49.2 Å². The summed E-state index contributed by atoms with van der Waals surface area (Å²) >= 11 is 8.36. The molecule has 19 heavy (non-hydrogen) atoms. The third kappa shape index (κ3) is 3.87. The van der Waals surface area contributed by atoms with E-state index >= 15 is 0 Å². The van der Waals surface area contributed by atoms with Crippen molar-refractivity contribution in [1.29, 1.82) is 0 Å². The number of halogens is 2. The SMILES string of the molecule is CCOC(=O)Cc1nc(-c2ccc(Br)cc2)sc1Br. The molecule has 0 unspecified atom stereocenters. The molecule has 0 bridgehead atoms. The van der Waals surface area contributed by atoms with Crippen molar-refractivity contribution in [3.63, 3.8) is 0 Å². The lowest BCUT2D eigenvalue weighted by Crippen LogP contribution is -2.08. The van der Waals surface area contributed by atoms with Crippen LogP contribution in [0.3, 0.4) is 0 Å². The number of thiazole rings is 1. The van der Waals surface area contributed by atoms with Crippen molar-refractivity contribution < 1.29 is 9.53 Å². The lowest BCUT2D eigenvalue weighted by atomic mass is 10.2. The highest BCUT2D eigenvalue weighted by molar-refractivity contribution is 9.11. The summed E-state index contributed by atoms with van der Waals surface area (Å²) < 4.78 is 6.83. The van der Waals surface area contributed by atoms with E-state index in [9.17, 15) is 4.79 Å². The summed E-state index contributed by atoms with van der Waals surface area (Å²) in [7, 11) is 0. The summed E-state index contributed by atoms with van der Waals surface area (Å²) in [6.07, 6.45) is 0.196. The number of aromatic nitrogens is 1. The van der Waals surface area contributed by atoms with Gasteiger partial charge in [0.1, 0.15) is 5.01 Å². The second-order valence-corrected chi connectivity index (χ2v) is 6.96. The van der Waals surface area contributed by atoms with Crippen LogP contribution in [0.5, 0.6) is 0 Å². The van der Waals surface area contributed by atoms with Gasteiger partial charge in [-0.25, -0.2) is 4.98 Å². The maximum absolute atomic E-state index is 11.5. The first-order valence-electron chi connectivity index (χ1n) is 5.67. The molecule has 1 heterocycles. The first-order chi connectivity index (χ1) is 9.10. The minimum atomic E-state index is -0.254. The second-order valence-electron chi connectivity index (χ2n) is 3.73. The van der Waals surface area contributed by atoms with Gasteiger partial charge in [-0.1, -0.05) is 28.1 Å². The minimum absolute atomic E-state index is 0.196. The largest absolute Gasteiger partial charge is 0.466 e. The topological polar surface area (TPSA) is 39.2 Å². The molecule has 2 rings (SSSR count). The Labute approximate surface area is 132 Å². The Kier molecular flexibility index (Phi) is 5.13. The molecule has 1 aromatic carbocycles. The van der Waals surface area contributed by atoms with Gasteiger partial charge in [-0.15, -0.1) is 11.3 Å². The number of hydrogen-bond donors (Lipinski definition) is 0. The Morgan fingerprint density at radius 2 is 2.00 bits per heavy atom. The van der Waals surface area contributed by atoms with Crippen LogP contribution in [0.4, 0.5) is 0 Å². The van der Waals surface area contributed by atoms with E-state index in [2.05, 4.69) is 36.8 Å². The van der Waals surface area contributed by atoms with E-state index in [0.717, 1.165) is 24.5 Å². The first kappa shape index (κ1) is 14.7. The van der Waals surface area contributed by atoms with Crippen LogP contribution < -0.4 is 0 Å². The number of nitrogens with zero attached hydrogens (tertiary/aromatic N) is 1. The average Bonchev–Trinajstić information content (AvgIpc) is 2.72. The summed E-state index contributed by atoms with van der Waals surface area (Å²) in [5.74, 6) is -0.254. The quantitative estimate of drug-likeness (QED) is 0.707. The highest BCUT2D eigenvalue weighted by atomic mass is 79.9. The summed E-state index contributed by atoms with van der Waals surface area (Å²) in [5.41, 5.74) is 1.75. The lowest BCUT2D eigenvalue weighted by Gasteiger charge is -1.99. The number of benzene rings is 1. The second kappa shape index (κ2) is 6.63. The Balaban J connectivity index is 2.21. The van der Waals surface area contributed by atoms with Crippen molar-refractivity contribution in [2.24, 2.45) is 0 Å². The molecule has 0 atom stereocenters. The van der Waals surface area contributed by atoms with Crippen LogP contribution >= 0.6 is 43.2 Å². The first-order valence-corrected chi connectivity index (χ1v) is 8.07. The highest BCUT2D eigenvalue weighted by Gasteiger charge is 2.14. The fourth-order valence-corrected chi connectivity index (χ4v) is 3.28. The van der Waals surface area contributed by atoms with E-state index in [1.54, 1.807) is 6.92 Å². The summed E-state index contributed by atoms with van der Waals surface area (Å²) in [6, 6.07) is 7.91. The van der Waals surface area contributed by atoms with Gasteiger partial charge in [0.15, 0.2) is 0 Å². The number of ether oxygens (including phenoxy) is 1. The maximum Gasteiger partial charge on any atom is 0.311 e. The Morgan fingerprint density at radius 1 is 1.32 bits per heavy atom. The van der Waals surface area contributed by atoms with Crippen LogP contribution in [0.1, 0.15) is 12.6 Å². The number of esters is 1. The van der Waals surface area contributed by atoms with Crippen molar-refractivity contribution in [2.75, 3.05) is 6.61 Å². The standard InChI is InChI=1S/C13H11Br2NO2S/c1-2-18-11(17)7-10-12(15)19-13(16-10)8-3-5-9(14)6-4-8/h3-6H,2,7H2,1H3. The molecule has 0 N–H and O–H groups in total. The molecule has 0 amide bonds. The number of carbonyl (C=O) groups is 1. The Hall–Kier alpha value is -0.720. The number of hydrogen-bond acceptors (Lipinski definition) is 4. The fraction of sp³-hybridized carbons (Fsp3) is 0.231. The van der Waals surface area contributed by atoms with Crippen LogP contribution in [0, 0.1) is 0 Å². The van der Waals surface area contributed by atoms with Gasteiger partial charge in [0.05, 0.1) is 22.5 Å². The van der Waals surface area contributed by atoms with E-state index in [0.29, 0.717) is 6.61 Å². The number of carbonyl (C=O) groups excluding carboxylic acids is 1. The fourth-order valence-electron chi connectivity index (χ4n) is 1.51. The third-order valence-corrected chi connectivity index (χ3v) is 4.77. The zero-order valence-electron chi connectivity index (χ0n) is 10.2. The van der Waals surface area contributed by atoms with E-state index in [4.69, 9.17) is 4.74 Å². The van der Waals surface area contributed by atoms with E-state index in [-0.39, 0.29) is 12.4 Å². The summed E-state index contributed by atoms with van der Waals surface area (Å²) in [4.78, 5) is 16.0. The molecule has 6 heteroatoms. The lowest BCUT2D eigenvalue weighted by molar-refractivity contribution is -0.142. The Morgan fingerprint density at radius 3 is 2.63 bits per heavy atom. The van der Waals surface area contributed by atoms with E-state index < -0.39 is 0 Å². The molecule has 0 aliphatic rings. The molecular weight excluding hydrogens is 394 g/mol. The molecular formula is C13H11Br2NO2S. The van der Waals surface area contributed by atoms with Gasteiger partial charge in [0.2, 0.25) is 0 Å². The molecule has 3 nitrogen and oxygen atoms in total. The van der Waals surface area contributed by atoms with Crippen molar-refractivity contribution in [3.8, 4) is 10.6 Å². The van der Waals surface area contributed by atoms with Crippen LogP contribution in [0.25, 0.3) is 10.6 Å². The van der Waals surface area contributed by atoms with Crippen LogP contribution in [0.2, 0.25) is 0 Å². The molecule has 1 aromatic heterocycles. The molecule has 0 aliphatic carbocycles. The minimum Gasteiger partial charge on any atom is -0.466 e. The van der Waals surface area contributed by atoms with Gasteiger partial charge in [-0.2, -0.15) is 0 Å². The zero-order valence-corrected chi connectivity index (χ0v) is 14.1. The van der Waals surface area contributed by atoms with Crippen LogP contribution in [-0.2, 0) is 16.0 Å². The smallest absolute Gasteiger partial charge is 0.311 e. The molecule has 0 saturated carbocycles. The van der Waals surface area contributed by atoms with Crippen LogP contribution in [-0.4, -0.2) is 17.6 Å². The maximum atomic E-state index is 11.5. The zero-order chi connectivity index (χ0) is 13.8. The predicted octanol–water partition coefficient (Wildman–Crippen LogP) is 4.44. The van der Waals surface area contributed by atoms with Gasteiger partial charge in [-0.05, 0) is 35.0 Å². The molecule has 0 spiro atoms. The molecule has 0 fully saturated rings. The van der Waals surface area contributed by atoms with Crippen molar-refractivity contribution in [1.82, 2.24) is 4.98 Å². The summed E-state index contributed by atoms with van der Waals surface area (Å²) in [5, 5.41) is 0.888. The Bertz CT molecular complexity index is 581. The van der Waals surface area contributed by atoms with E-state index in [1.165, 1.54) is 11.3 Å². The average molecular weight is 405 g/mol. The normalized spacial score (nSPS) is 10.5. The van der Waals surface area contributed by atoms with Crippen molar-refractivity contribution in [2.45, 2.75) is 13.3 Å². The highest BCUT2D eigenvalue weighted by Crippen LogP contribution is 2.32. The molecule has 0 radical (unpaired) electrons. The number of rotatable bonds is 4. The van der Waals surface area contributed by atoms with Gasteiger partial charge < -0.3 is 4.74 Å². The molecule has 100 valence electrons. The summed E-state index contributed by atoms with van der Waals surface area (Å²) in [6.45, 7) is 2.18. The third-order valence-electron chi connectivity index (χ3n) is 2.36. The monoisotopic (exact) mass is 403 g/mol. The van der Waals surface area contributed by atoms with E-state index in [1.807, 2.05) is 24.3 Å². The van der Waals surface area contributed by atoms with Gasteiger partial charge in [0.25, 0.3) is 0 Å². The predicted molar refractivity (Wildman–Crippen MR) is 83.3 cm³/mol.